The third kappa shape index (κ3) is 2.10. The highest BCUT2D eigenvalue weighted by Crippen LogP contribution is 2.19. The van der Waals surface area contributed by atoms with Crippen LogP contribution >= 0.6 is 22.9 Å². The molecule has 1 N–H and O–H groups in total. The molecule has 84 valence electrons. The number of halogens is 1. The number of nitrogens with zero attached hydrogens (tertiary/aromatic N) is 2. The molecular formula is C10H9ClN2O2S. The van der Waals surface area contributed by atoms with Gasteiger partial charge in [-0.15, -0.1) is 11.3 Å². The average molecular weight is 257 g/mol. The van der Waals surface area contributed by atoms with Crippen molar-refractivity contribution in [1.82, 2.24) is 9.78 Å². The molecule has 0 radical (unpaired) electrons. The summed E-state index contributed by atoms with van der Waals surface area (Å²) in [5.41, 5.74) is 1.49. The van der Waals surface area contributed by atoms with E-state index < -0.39 is 5.97 Å². The molecule has 0 fully saturated rings. The van der Waals surface area contributed by atoms with Crippen LogP contribution in [0, 0.1) is 6.92 Å². The van der Waals surface area contributed by atoms with Gasteiger partial charge in [0, 0.05) is 6.20 Å². The molecule has 0 atom stereocenters. The summed E-state index contributed by atoms with van der Waals surface area (Å²) in [7, 11) is 0. The van der Waals surface area contributed by atoms with E-state index in [0.29, 0.717) is 16.4 Å². The second-order valence-corrected chi connectivity index (χ2v) is 4.66. The molecule has 6 heteroatoms. The minimum atomic E-state index is -0.903. The standard InChI is InChI=1S/C10H9ClN2O2S/c1-6-8(11)5-13(12-6)4-7-2-3-16-9(7)10(14)15/h2-3,5H,4H2,1H3,(H,14,15). The summed E-state index contributed by atoms with van der Waals surface area (Å²) in [6.45, 7) is 2.24. The number of rotatable bonds is 3. The molecule has 2 aromatic heterocycles. The van der Waals surface area contributed by atoms with Gasteiger partial charge < -0.3 is 5.11 Å². The number of aromatic nitrogens is 2. The molecule has 0 aromatic carbocycles. The van der Waals surface area contributed by atoms with Gasteiger partial charge in [-0.05, 0) is 23.9 Å². The zero-order chi connectivity index (χ0) is 11.7. The Morgan fingerprint density at radius 1 is 1.69 bits per heavy atom. The lowest BCUT2D eigenvalue weighted by molar-refractivity contribution is 0.0701. The molecule has 0 aliphatic rings. The van der Waals surface area contributed by atoms with Crippen LogP contribution in [0.3, 0.4) is 0 Å². The smallest absolute Gasteiger partial charge is 0.346 e. The maximum atomic E-state index is 10.9. The van der Waals surface area contributed by atoms with Gasteiger partial charge in [0.05, 0.1) is 17.3 Å². The number of hydrogen-bond acceptors (Lipinski definition) is 3. The molecule has 2 heterocycles. The Morgan fingerprint density at radius 2 is 2.44 bits per heavy atom. The number of aromatic carboxylic acids is 1. The first-order valence-corrected chi connectivity index (χ1v) is 5.83. The summed E-state index contributed by atoms with van der Waals surface area (Å²) in [4.78, 5) is 11.3. The van der Waals surface area contributed by atoms with Crippen LogP contribution < -0.4 is 0 Å². The fourth-order valence-corrected chi connectivity index (χ4v) is 2.30. The summed E-state index contributed by atoms with van der Waals surface area (Å²) in [5.74, 6) is -0.903. The van der Waals surface area contributed by atoms with Crippen LogP contribution in [0.5, 0.6) is 0 Å². The first-order valence-electron chi connectivity index (χ1n) is 4.57. The van der Waals surface area contributed by atoms with E-state index in [4.69, 9.17) is 16.7 Å². The van der Waals surface area contributed by atoms with Gasteiger partial charge in [0.15, 0.2) is 0 Å². The van der Waals surface area contributed by atoms with Gasteiger partial charge in [0.1, 0.15) is 4.88 Å². The van der Waals surface area contributed by atoms with Gasteiger partial charge in [0.25, 0.3) is 0 Å². The number of aryl methyl sites for hydroxylation is 1. The Morgan fingerprint density at radius 3 is 3.00 bits per heavy atom. The van der Waals surface area contributed by atoms with Crippen molar-refractivity contribution in [3.63, 3.8) is 0 Å². The third-order valence-corrected chi connectivity index (χ3v) is 3.48. The Hall–Kier alpha value is -1.33. The van der Waals surface area contributed by atoms with Gasteiger partial charge in [-0.25, -0.2) is 4.79 Å². The van der Waals surface area contributed by atoms with E-state index in [1.807, 2.05) is 6.92 Å². The molecule has 0 saturated heterocycles. The molecule has 2 aromatic rings. The number of thiophene rings is 1. The van der Waals surface area contributed by atoms with Crippen molar-refractivity contribution in [3.8, 4) is 0 Å². The summed E-state index contributed by atoms with van der Waals surface area (Å²) >= 11 is 7.09. The SMILES string of the molecule is Cc1nn(Cc2ccsc2C(=O)O)cc1Cl. The second kappa shape index (κ2) is 4.27. The van der Waals surface area contributed by atoms with E-state index in [0.717, 1.165) is 11.3 Å². The minimum Gasteiger partial charge on any atom is -0.477 e. The predicted molar refractivity (Wildman–Crippen MR) is 62.4 cm³/mol. The predicted octanol–water partition coefficient (Wildman–Crippen LogP) is 2.65. The van der Waals surface area contributed by atoms with Crippen LogP contribution in [-0.2, 0) is 6.54 Å². The molecule has 0 spiro atoms. The summed E-state index contributed by atoms with van der Waals surface area (Å²) in [5, 5.41) is 15.5. The fraction of sp³-hybridized carbons (Fsp3) is 0.200. The largest absolute Gasteiger partial charge is 0.477 e. The fourth-order valence-electron chi connectivity index (χ4n) is 1.40. The van der Waals surface area contributed by atoms with Gasteiger partial charge in [0.2, 0.25) is 0 Å². The number of carbonyl (C=O) groups is 1. The zero-order valence-electron chi connectivity index (χ0n) is 8.48. The zero-order valence-corrected chi connectivity index (χ0v) is 10.0. The van der Waals surface area contributed by atoms with Crippen molar-refractivity contribution < 1.29 is 9.90 Å². The van der Waals surface area contributed by atoms with Crippen molar-refractivity contribution in [1.29, 1.82) is 0 Å². The molecule has 0 unspecified atom stereocenters. The molecule has 0 amide bonds. The van der Waals surface area contributed by atoms with Gasteiger partial charge in [-0.1, -0.05) is 11.6 Å². The molecule has 0 bridgehead atoms. The summed E-state index contributed by atoms with van der Waals surface area (Å²) in [6.07, 6.45) is 1.69. The van der Waals surface area contributed by atoms with Crippen molar-refractivity contribution in [2.24, 2.45) is 0 Å². The van der Waals surface area contributed by atoms with E-state index in [2.05, 4.69) is 5.10 Å². The quantitative estimate of drug-likeness (QED) is 0.919. The molecule has 0 saturated carbocycles. The molecule has 0 aliphatic carbocycles. The number of carboxylic acids is 1. The van der Waals surface area contributed by atoms with Crippen LogP contribution in [0.1, 0.15) is 20.9 Å². The summed E-state index contributed by atoms with van der Waals surface area (Å²) < 4.78 is 1.64. The minimum absolute atomic E-state index is 0.351. The van der Waals surface area contributed by atoms with Gasteiger partial charge in [-0.2, -0.15) is 5.10 Å². The highest BCUT2D eigenvalue weighted by atomic mass is 35.5. The van der Waals surface area contributed by atoms with Crippen molar-refractivity contribution >= 4 is 28.9 Å². The van der Waals surface area contributed by atoms with Gasteiger partial charge >= 0.3 is 5.97 Å². The Labute approximate surface area is 101 Å². The lowest BCUT2D eigenvalue weighted by Gasteiger charge is -2.00. The average Bonchev–Trinajstić information content (AvgIpc) is 2.75. The first kappa shape index (κ1) is 11.2. The van der Waals surface area contributed by atoms with Gasteiger partial charge in [-0.3, -0.25) is 4.68 Å². The van der Waals surface area contributed by atoms with E-state index in [1.54, 1.807) is 22.3 Å². The van der Waals surface area contributed by atoms with Crippen molar-refractivity contribution in [3.05, 3.63) is 38.8 Å². The topological polar surface area (TPSA) is 55.1 Å². The normalized spacial score (nSPS) is 10.6. The van der Waals surface area contributed by atoms with Crippen LogP contribution in [0.2, 0.25) is 5.02 Å². The maximum absolute atomic E-state index is 10.9. The van der Waals surface area contributed by atoms with Crippen LogP contribution in [0.15, 0.2) is 17.6 Å². The molecule has 2 rings (SSSR count). The van der Waals surface area contributed by atoms with Crippen LogP contribution in [0.25, 0.3) is 0 Å². The first-order chi connectivity index (χ1) is 7.58. The Bertz CT molecular complexity index is 513. The Kier molecular flexibility index (Phi) is 2.98. The second-order valence-electron chi connectivity index (χ2n) is 3.34. The lowest BCUT2D eigenvalue weighted by atomic mass is 10.2. The molecular weight excluding hydrogens is 248 g/mol. The monoisotopic (exact) mass is 256 g/mol. The van der Waals surface area contributed by atoms with E-state index in [9.17, 15) is 4.79 Å². The van der Waals surface area contributed by atoms with E-state index >= 15 is 0 Å². The number of carboxylic acid groups (broad SMARTS) is 1. The highest BCUT2D eigenvalue weighted by Gasteiger charge is 2.12. The Balaban J connectivity index is 2.27. The highest BCUT2D eigenvalue weighted by molar-refractivity contribution is 7.12. The van der Waals surface area contributed by atoms with Crippen LogP contribution in [-0.4, -0.2) is 20.9 Å². The van der Waals surface area contributed by atoms with E-state index in [-0.39, 0.29) is 0 Å². The van der Waals surface area contributed by atoms with Crippen LogP contribution in [0.4, 0.5) is 0 Å². The lowest BCUT2D eigenvalue weighted by Crippen LogP contribution is -2.04. The summed E-state index contributed by atoms with van der Waals surface area (Å²) in [6, 6.07) is 1.79. The maximum Gasteiger partial charge on any atom is 0.346 e. The molecule has 4 nitrogen and oxygen atoms in total. The molecule has 0 aliphatic heterocycles. The van der Waals surface area contributed by atoms with Crippen molar-refractivity contribution in [2.45, 2.75) is 13.5 Å². The van der Waals surface area contributed by atoms with E-state index in [1.165, 1.54) is 11.3 Å². The third-order valence-electron chi connectivity index (χ3n) is 2.16. The van der Waals surface area contributed by atoms with Crippen molar-refractivity contribution in [2.75, 3.05) is 0 Å². The molecule has 16 heavy (non-hydrogen) atoms. The number of hydrogen-bond donors (Lipinski definition) is 1.